The van der Waals surface area contributed by atoms with E-state index in [4.69, 9.17) is 4.98 Å². The average molecular weight is 662 g/mol. The third kappa shape index (κ3) is 8.40. The minimum absolute atomic E-state index is 0. The number of hydrogen-bond acceptors (Lipinski definition) is 2. The first-order chi connectivity index (χ1) is 21.8. The summed E-state index contributed by atoms with van der Waals surface area (Å²) in [5.74, 6) is 0.944. The van der Waals surface area contributed by atoms with Gasteiger partial charge in [-0.1, -0.05) is 127 Å². The van der Waals surface area contributed by atoms with Gasteiger partial charge in [-0.15, -0.1) is 0 Å². The Labute approximate surface area is 282 Å². The Morgan fingerprint density at radius 2 is 0.889 bits per heavy atom. The van der Waals surface area contributed by atoms with E-state index in [9.17, 15) is 5.11 Å². The maximum absolute atomic E-state index is 12.1. The smallest absolute Gasteiger partial charge is 0.388 e. The van der Waals surface area contributed by atoms with Crippen LogP contribution in [0, 0.1) is 62.9 Å². The van der Waals surface area contributed by atoms with Crippen molar-refractivity contribution < 1.29 is 22.2 Å². The molecule has 0 unspecified atom stereocenters. The molecule has 2 nitrogen and oxygen atoms in total. The van der Waals surface area contributed by atoms with E-state index in [2.05, 4.69) is 128 Å². The molecule has 10 radical (unpaired) electrons. The van der Waals surface area contributed by atoms with Gasteiger partial charge < -0.3 is 5.11 Å². The van der Waals surface area contributed by atoms with Crippen molar-refractivity contribution in [2.75, 3.05) is 0 Å². The van der Waals surface area contributed by atoms with Crippen LogP contribution in [0.5, 0.6) is 0 Å². The summed E-state index contributed by atoms with van der Waals surface area (Å²) in [6.07, 6.45) is 17.4. The predicted octanol–water partition coefficient (Wildman–Crippen LogP) is 6.76. The largest absolute Gasteiger partial charge is 2.00 e. The number of rotatable bonds is 8. The first-order valence-corrected chi connectivity index (χ1v) is 17.4. The predicted molar refractivity (Wildman–Crippen MR) is 188 cm³/mol. The van der Waals surface area contributed by atoms with Crippen LogP contribution < -0.4 is 26.7 Å². The van der Waals surface area contributed by atoms with E-state index in [0.717, 1.165) is 16.9 Å². The van der Waals surface area contributed by atoms with E-state index < -0.39 is 21.9 Å². The fourth-order valence-corrected chi connectivity index (χ4v) is 10.1. The molecule has 4 aromatic carbocycles. The SMILES string of the molecule is O[C@@H]([C]1[CH][CH][CH][C]1P(c1ccccc1)c1ccccc1)c1cccnc1P(c1ccccc1)c1ccccc1.[CH]1[CH][CH][CH][CH]1.[Fe+2]. The summed E-state index contributed by atoms with van der Waals surface area (Å²) in [6.45, 7) is 0. The van der Waals surface area contributed by atoms with Crippen LogP contribution in [-0.4, -0.2) is 10.1 Å². The van der Waals surface area contributed by atoms with E-state index in [1.165, 1.54) is 26.9 Å². The number of hydrogen-bond donors (Lipinski definition) is 1. The van der Waals surface area contributed by atoms with Gasteiger partial charge in [0.15, 0.2) is 0 Å². The van der Waals surface area contributed by atoms with Crippen LogP contribution in [0.1, 0.15) is 11.7 Å². The number of pyridine rings is 1. The Morgan fingerprint density at radius 1 is 0.467 bits per heavy atom. The number of aromatic nitrogens is 1. The second kappa shape index (κ2) is 17.3. The Kier molecular flexibility index (Phi) is 13.0. The summed E-state index contributed by atoms with van der Waals surface area (Å²) in [5, 5.41) is 17.1. The molecule has 2 saturated carbocycles. The topological polar surface area (TPSA) is 33.1 Å². The van der Waals surface area contributed by atoms with Gasteiger partial charge in [-0.05, 0) is 86.6 Å². The number of aliphatic hydroxyl groups is 1. The monoisotopic (exact) mass is 661 g/mol. The molecule has 7 rings (SSSR count). The van der Waals surface area contributed by atoms with Crippen LogP contribution in [0.25, 0.3) is 0 Å². The van der Waals surface area contributed by atoms with Crippen molar-refractivity contribution in [2.24, 2.45) is 0 Å². The van der Waals surface area contributed by atoms with E-state index in [0.29, 0.717) is 0 Å². The summed E-state index contributed by atoms with van der Waals surface area (Å²) >= 11 is 0. The van der Waals surface area contributed by atoms with Gasteiger partial charge in [0.2, 0.25) is 0 Å². The van der Waals surface area contributed by atoms with Gasteiger partial charge >= 0.3 is 17.1 Å². The van der Waals surface area contributed by atoms with Gasteiger partial charge in [0, 0.05) is 31.3 Å². The molecule has 0 aliphatic heterocycles. The van der Waals surface area contributed by atoms with Crippen molar-refractivity contribution >= 4 is 42.5 Å². The molecule has 1 aromatic heterocycles. The second-order valence-electron chi connectivity index (χ2n) is 10.2. The third-order valence-corrected chi connectivity index (χ3v) is 12.2. The quantitative estimate of drug-likeness (QED) is 0.147. The second-order valence-corrected chi connectivity index (χ2v) is 14.5. The molecule has 0 bridgehead atoms. The minimum atomic E-state index is -0.954. The summed E-state index contributed by atoms with van der Waals surface area (Å²) in [7, 11) is -1.79. The molecule has 2 fully saturated rings. The van der Waals surface area contributed by atoms with Crippen molar-refractivity contribution in [2.45, 2.75) is 6.10 Å². The van der Waals surface area contributed by atoms with Gasteiger partial charge in [-0.2, -0.15) is 0 Å². The summed E-state index contributed by atoms with van der Waals surface area (Å²) < 4.78 is 0. The fraction of sp³-hybridized carbons (Fsp3) is 0.0250. The van der Waals surface area contributed by atoms with Gasteiger partial charge in [-0.3, -0.25) is 4.98 Å². The Hall–Kier alpha value is -2.63. The van der Waals surface area contributed by atoms with Crippen molar-refractivity contribution in [3.05, 3.63) is 208 Å². The maximum Gasteiger partial charge on any atom is 2.00 e. The van der Waals surface area contributed by atoms with E-state index >= 15 is 0 Å². The van der Waals surface area contributed by atoms with Crippen LogP contribution in [0.15, 0.2) is 140 Å². The van der Waals surface area contributed by atoms with Gasteiger partial charge in [0.1, 0.15) is 0 Å². The number of nitrogens with zero attached hydrogens (tertiary/aromatic N) is 1. The molecule has 1 heterocycles. The fourth-order valence-electron chi connectivity index (χ4n) is 5.29. The van der Waals surface area contributed by atoms with Crippen molar-refractivity contribution in [3.8, 4) is 0 Å². The third-order valence-electron chi connectivity index (χ3n) is 7.30. The molecule has 5 aromatic rings. The van der Waals surface area contributed by atoms with Crippen LogP contribution in [-0.2, 0) is 17.1 Å². The molecule has 1 atom stereocenters. The Balaban J connectivity index is 0.000000609. The molecule has 45 heavy (non-hydrogen) atoms. The van der Waals surface area contributed by atoms with Crippen molar-refractivity contribution in [3.63, 3.8) is 0 Å². The normalized spacial score (nSPS) is 15.8. The Morgan fingerprint density at radius 3 is 1.33 bits per heavy atom. The first kappa shape index (κ1) is 33.7. The zero-order valence-electron chi connectivity index (χ0n) is 24.6. The van der Waals surface area contributed by atoms with Crippen molar-refractivity contribution in [1.82, 2.24) is 4.98 Å². The number of aliphatic hydroxyl groups excluding tert-OH is 1. The molecule has 220 valence electrons. The van der Waals surface area contributed by atoms with Gasteiger partial charge in [0.05, 0.1) is 11.5 Å². The molecule has 0 spiro atoms. The minimum Gasteiger partial charge on any atom is -0.388 e. The molecule has 2 aliphatic rings. The van der Waals surface area contributed by atoms with Gasteiger partial charge in [0.25, 0.3) is 0 Å². The average Bonchev–Trinajstić information content (AvgIpc) is 3.84. The van der Waals surface area contributed by atoms with Crippen LogP contribution >= 0.6 is 15.8 Å². The molecular weight excluding hydrogens is 628 g/mol. The Bertz CT molecular complexity index is 1460. The van der Waals surface area contributed by atoms with E-state index in [1.807, 2.05) is 62.6 Å². The van der Waals surface area contributed by atoms with Crippen LogP contribution in [0.4, 0.5) is 0 Å². The molecule has 2 aliphatic carbocycles. The first-order valence-electron chi connectivity index (χ1n) is 14.7. The van der Waals surface area contributed by atoms with Crippen molar-refractivity contribution in [1.29, 1.82) is 0 Å². The van der Waals surface area contributed by atoms with Gasteiger partial charge in [-0.25, -0.2) is 0 Å². The summed E-state index contributed by atoms with van der Waals surface area (Å²) in [5.41, 5.74) is 2.97. The molecule has 1 N–H and O–H groups in total. The summed E-state index contributed by atoms with van der Waals surface area (Å²) in [4.78, 5) is 4.93. The standard InChI is InChI=1S/C35H28NOP2.C5H5.Fe/c37-34(31-23-13-25-33(31)38(27-15-5-1-6-16-27)28-17-7-2-8-18-28)32-24-14-26-36-35(32)39(29-19-9-3-10-20-29)30-21-11-4-12-22-30;1-2-4-5-3-1;/h1-26,34,37H;1-5H;/q;;+2/t34-;;/m0../s1. The van der Waals surface area contributed by atoms with Crippen LogP contribution in [0.3, 0.4) is 0 Å². The number of benzene rings is 4. The maximum atomic E-state index is 12.1. The summed E-state index contributed by atoms with van der Waals surface area (Å²) in [6, 6.07) is 46.3. The molecule has 5 heteroatoms. The zero-order chi connectivity index (χ0) is 30.0. The molecule has 0 saturated heterocycles. The molecular formula is C40H33FeNOP2+2. The van der Waals surface area contributed by atoms with Crippen LogP contribution in [0.2, 0.25) is 0 Å². The van der Waals surface area contributed by atoms with E-state index in [-0.39, 0.29) is 17.1 Å². The molecule has 0 amide bonds. The zero-order valence-corrected chi connectivity index (χ0v) is 27.5. The van der Waals surface area contributed by atoms with E-state index in [1.54, 1.807) is 0 Å².